The number of hydrogen-bond acceptors (Lipinski definition) is 5. The minimum absolute atomic E-state index is 0.494. The van der Waals surface area contributed by atoms with Crippen LogP contribution < -0.4 is 0 Å². The third-order valence-corrected chi connectivity index (χ3v) is 11.6. The van der Waals surface area contributed by atoms with Crippen LogP contribution in [0.3, 0.4) is 0 Å². The summed E-state index contributed by atoms with van der Waals surface area (Å²) < 4.78 is 4.39. The summed E-state index contributed by atoms with van der Waals surface area (Å²) in [6, 6.07) is 61.5. The van der Waals surface area contributed by atoms with Crippen LogP contribution in [0.4, 0.5) is 11.4 Å². The summed E-state index contributed by atoms with van der Waals surface area (Å²) in [6.07, 6.45) is 0. The standard InChI is InChI=1S/C55H29N9/c1-58-39-20-25-51-45(30-39)46-31-40(59-2)21-26-52(46)64(51)50-24-19-38(55-61-53(36-11-5-3-6-12-36)60-54(62-55)37-13-7-4-8-14-37)29-44(50)41-15-9-10-16-47(41)63-48-22-17-34(32-56)27-42(48)43-28-35(33-57)18-23-49(43)63/h3-31H. The summed E-state index contributed by atoms with van der Waals surface area (Å²) in [5, 5.41) is 23.3. The fourth-order valence-electron chi connectivity index (χ4n) is 8.74. The molecule has 294 valence electrons. The Balaban J connectivity index is 1.24. The molecule has 9 nitrogen and oxygen atoms in total. The lowest BCUT2D eigenvalue weighted by Gasteiger charge is -2.19. The Morgan fingerprint density at radius 1 is 0.391 bits per heavy atom. The van der Waals surface area contributed by atoms with Gasteiger partial charge < -0.3 is 9.13 Å². The molecule has 0 spiro atoms. The van der Waals surface area contributed by atoms with Crippen LogP contribution in [0.1, 0.15) is 11.1 Å². The Kier molecular flexibility index (Phi) is 8.81. The largest absolute Gasteiger partial charge is 0.309 e. The number of rotatable bonds is 6. The zero-order chi connectivity index (χ0) is 43.3. The molecule has 0 aliphatic heterocycles. The number of nitriles is 2. The van der Waals surface area contributed by atoms with E-state index in [9.17, 15) is 10.5 Å². The van der Waals surface area contributed by atoms with Crippen LogP contribution in [0.25, 0.3) is 110 Å². The van der Waals surface area contributed by atoms with Crippen molar-refractivity contribution >= 4 is 55.0 Å². The lowest BCUT2D eigenvalue weighted by atomic mass is 9.98. The Bertz CT molecular complexity index is 3690. The predicted octanol–water partition coefficient (Wildman–Crippen LogP) is 13.6. The molecule has 11 aromatic rings. The van der Waals surface area contributed by atoms with Crippen LogP contribution in [0.5, 0.6) is 0 Å². The maximum Gasteiger partial charge on any atom is 0.188 e. The zero-order valence-electron chi connectivity index (χ0n) is 33.8. The van der Waals surface area contributed by atoms with Gasteiger partial charge in [0, 0.05) is 38.6 Å². The lowest BCUT2D eigenvalue weighted by molar-refractivity contribution is 1.07. The minimum Gasteiger partial charge on any atom is -0.309 e. The van der Waals surface area contributed by atoms with Gasteiger partial charge in [0.05, 0.1) is 69.9 Å². The smallest absolute Gasteiger partial charge is 0.188 e. The molecular formula is C55H29N9. The summed E-state index contributed by atoms with van der Waals surface area (Å²) in [6.45, 7) is 15.7. The number of para-hydroxylation sites is 1. The molecule has 3 aromatic heterocycles. The van der Waals surface area contributed by atoms with E-state index in [0.29, 0.717) is 40.0 Å². The molecule has 0 bridgehead atoms. The van der Waals surface area contributed by atoms with Gasteiger partial charge in [0.1, 0.15) is 0 Å². The third kappa shape index (κ3) is 6.10. The molecule has 0 saturated heterocycles. The SMILES string of the molecule is [C-]#[N+]c1ccc2c(c1)c1cc([N+]#[C-])ccc1n2-c1ccc(-c2nc(-c3ccccc3)nc(-c3ccccc3)n2)cc1-c1ccccc1-n1c2ccc(C#N)cc2c2cc(C#N)ccc21. The van der Waals surface area contributed by atoms with Crippen molar-refractivity contribution in [2.75, 3.05) is 0 Å². The van der Waals surface area contributed by atoms with Gasteiger partial charge in [-0.3, -0.25) is 0 Å². The number of aromatic nitrogens is 5. The number of fused-ring (bicyclic) bond motifs is 6. The maximum atomic E-state index is 9.95. The molecule has 0 radical (unpaired) electrons. The van der Waals surface area contributed by atoms with E-state index < -0.39 is 0 Å². The van der Waals surface area contributed by atoms with Gasteiger partial charge >= 0.3 is 0 Å². The van der Waals surface area contributed by atoms with Crippen LogP contribution >= 0.6 is 0 Å². The first-order valence-electron chi connectivity index (χ1n) is 20.4. The third-order valence-electron chi connectivity index (χ3n) is 11.6. The molecule has 64 heavy (non-hydrogen) atoms. The van der Waals surface area contributed by atoms with E-state index in [1.54, 1.807) is 0 Å². The highest BCUT2D eigenvalue weighted by molar-refractivity contribution is 6.13. The van der Waals surface area contributed by atoms with E-state index in [0.717, 1.165) is 82.8 Å². The molecule has 0 saturated carbocycles. The quantitative estimate of drug-likeness (QED) is 0.155. The highest BCUT2D eigenvalue weighted by Gasteiger charge is 2.23. The van der Waals surface area contributed by atoms with Crippen LogP contribution in [0.15, 0.2) is 176 Å². The number of nitrogens with zero attached hydrogens (tertiary/aromatic N) is 9. The molecular weight excluding hydrogens is 787 g/mol. The average Bonchev–Trinajstić information content (AvgIpc) is 3.87. The molecule has 9 heteroatoms. The highest BCUT2D eigenvalue weighted by atomic mass is 15.0. The Labute approximate surface area is 366 Å². The molecule has 0 atom stereocenters. The first-order chi connectivity index (χ1) is 31.5. The maximum absolute atomic E-state index is 9.95. The average molecular weight is 816 g/mol. The highest BCUT2D eigenvalue weighted by Crippen LogP contribution is 2.43. The molecule has 0 amide bonds. The van der Waals surface area contributed by atoms with Crippen molar-refractivity contribution in [2.24, 2.45) is 0 Å². The molecule has 0 aliphatic carbocycles. The van der Waals surface area contributed by atoms with Gasteiger partial charge in [-0.1, -0.05) is 91.0 Å². The van der Waals surface area contributed by atoms with E-state index in [2.05, 4.69) is 55.2 Å². The second-order valence-electron chi connectivity index (χ2n) is 15.3. The van der Waals surface area contributed by atoms with Gasteiger partial charge in [0.15, 0.2) is 28.8 Å². The van der Waals surface area contributed by atoms with Crippen LogP contribution in [-0.2, 0) is 0 Å². The van der Waals surface area contributed by atoms with Gasteiger partial charge in [-0.05, 0) is 95.7 Å². The first-order valence-corrected chi connectivity index (χ1v) is 20.4. The van der Waals surface area contributed by atoms with E-state index in [1.807, 2.05) is 152 Å². The van der Waals surface area contributed by atoms with Crippen LogP contribution in [0.2, 0.25) is 0 Å². The van der Waals surface area contributed by atoms with Crippen molar-refractivity contribution in [3.05, 3.63) is 210 Å². The fourth-order valence-corrected chi connectivity index (χ4v) is 8.74. The Morgan fingerprint density at radius 3 is 1.30 bits per heavy atom. The second kappa shape index (κ2) is 15.1. The summed E-state index contributed by atoms with van der Waals surface area (Å²) in [4.78, 5) is 22.7. The van der Waals surface area contributed by atoms with E-state index in [1.165, 1.54) is 0 Å². The van der Waals surface area contributed by atoms with Crippen molar-refractivity contribution in [1.29, 1.82) is 10.5 Å². The predicted molar refractivity (Wildman–Crippen MR) is 252 cm³/mol. The first kappa shape index (κ1) is 37.3. The minimum atomic E-state index is 0.494. The fraction of sp³-hybridized carbons (Fsp3) is 0. The number of hydrogen-bond donors (Lipinski definition) is 0. The van der Waals surface area contributed by atoms with Gasteiger partial charge in [-0.15, -0.1) is 0 Å². The topological polar surface area (TPSA) is 105 Å². The van der Waals surface area contributed by atoms with E-state index in [-0.39, 0.29) is 0 Å². The zero-order valence-corrected chi connectivity index (χ0v) is 33.8. The van der Waals surface area contributed by atoms with Gasteiger partial charge in [0.2, 0.25) is 0 Å². The molecule has 0 fully saturated rings. The summed E-state index contributed by atoms with van der Waals surface area (Å²) in [5.74, 6) is 1.58. The van der Waals surface area contributed by atoms with Crippen molar-refractivity contribution in [1.82, 2.24) is 24.1 Å². The Morgan fingerprint density at radius 2 is 0.812 bits per heavy atom. The normalized spacial score (nSPS) is 11.1. The van der Waals surface area contributed by atoms with Crippen molar-refractivity contribution in [2.45, 2.75) is 0 Å². The summed E-state index contributed by atoms with van der Waals surface area (Å²) in [5.41, 5.74) is 11.5. The molecule has 3 heterocycles. The van der Waals surface area contributed by atoms with E-state index >= 15 is 0 Å². The van der Waals surface area contributed by atoms with Gasteiger partial charge in [0.25, 0.3) is 0 Å². The lowest BCUT2D eigenvalue weighted by Crippen LogP contribution is -2.03. The van der Waals surface area contributed by atoms with Crippen LogP contribution in [0, 0.1) is 35.8 Å². The molecule has 8 aromatic carbocycles. The molecule has 0 unspecified atom stereocenters. The van der Waals surface area contributed by atoms with Crippen molar-refractivity contribution in [3.8, 4) is 68.8 Å². The monoisotopic (exact) mass is 815 g/mol. The molecule has 11 rings (SSSR count). The van der Waals surface area contributed by atoms with Gasteiger partial charge in [-0.2, -0.15) is 10.5 Å². The van der Waals surface area contributed by atoms with Crippen LogP contribution in [-0.4, -0.2) is 24.1 Å². The molecule has 0 aliphatic rings. The van der Waals surface area contributed by atoms with Crippen molar-refractivity contribution in [3.63, 3.8) is 0 Å². The van der Waals surface area contributed by atoms with Crippen molar-refractivity contribution < 1.29 is 0 Å². The Hall–Kier alpha value is -9.67. The van der Waals surface area contributed by atoms with E-state index in [4.69, 9.17) is 28.1 Å². The number of benzene rings is 8. The summed E-state index contributed by atoms with van der Waals surface area (Å²) >= 11 is 0. The van der Waals surface area contributed by atoms with Gasteiger partial charge in [-0.25, -0.2) is 24.6 Å². The summed E-state index contributed by atoms with van der Waals surface area (Å²) in [7, 11) is 0. The second-order valence-corrected chi connectivity index (χ2v) is 15.3. The molecule has 0 N–H and O–H groups in total.